The second-order valence-corrected chi connectivity index (χ2v) is 5.85. The number of fused-ring (bicyclic) bond motifs is 1. The summed E-state index contributed by atoms with van der Waals surface area (Å²) < 4.78 is 0. The van der Waals surface area contributed by atoms with Crippen LogP contribution in [0.1, 0.15) is 18.9 Å². The van der Waals surface area contributed by atoms with Gasteiger partial charge in [-0.2, -0.15) is 0 Å². The number of para-hydroxylation sites is 1. The predicted molar refractivity (Wildman–Crippen MR) is 79.4 cm³/mol. The first-order valence-corrected chi connectivity index (χ1v) is 7.38. The highest BCUT2D eigenvalue weighted by Crippen LogP contribution is 2.33. The van der Waals surface area contributed by atoms with Gasteiger partial charge < -0.3 is 10.0 Å². The van der Waals surface area contributed by atoms with E-state index >= 15 is 0 Å². The van der Waals surface area contributed by atoms with E-state index in [1.54, 1.807) is 4.90 Å². The molecule has 2 amide bonds. The molecule has 1 unspecified atom stereocenters. The molecule has 2 atom stereocenters. The molecule has 0 aliphatic carbocycles. The quantitative estimate of drug-likeness (QED) is 0.880. The number of anilines is 1. The van der Waals surface area contributed by atoms with Gasteiger partial charge in [-0.3, -0.25) is 19.3 Å². The minimum absolute atomic E-state index is 0.157. The van der Waals surface area contributed by atoms with Crippen molar-refractivity contribution in [1.29, 1.82) is 0 Å². The maximum absolute atomic E-state index is 12.7. The number of hydrogen-bond donors (Lipinski definition) is 1. The van der Waals surface area contributed by atoms with E-state index in [-0.39, 0.29) is 18.4 Å². The second kappa shape index (κ2) is 5.44. The molecule has 6 heteroatoms. The zero-order valence-electron chi connectivity index (χ0n) is 12.4. The lowest BCUT2D eigenvalue weighted by molar-refractivity contribution is -0.141. The van der Waals surface area contributed by atoms with E-state index < -0.39 is 17.9 Å². The van der Waals surface area contributed by atoms with Crippen LogP contribution in [0.3, 0.4) is 0 Å². The molecule has 0 radical (unpaired) electrons. The SMILES string of the molecule is CC(=O)N1c2ccccc2C[C@H]1C(=O)N1CCC(C(=O)O)C1. The van der Waals surface area contributed by atoms with E-state index in [0.29, 0.717) is 19.4 Å². The van der Waals surface area contributed by atoms with Crippen LogP contribution in [0.15, 0.2) is 24.3 Å². The van der Waals surface area contributed by atoms with Gasteiger partial charge in [0, 0.05) is 32.1 Å². The fraction of sp³-hybridized carbons (Fsp3) is 0.438. The third kappa shape index (κ3) is 2.34. The molecule has 2 aliphatic heterocycles. The summed E-state index contributed by atoms with van der Waals surface area (Å²) in [6.07, 6.45) is 0.962. The second-order valence-electron chi connectivity index (χ2n) is 5.85. The maximum Gasteiger partial charge on any atom is 0.308 e. The summed E-state index contributed by atoms with van der Waals surface area (Å²) in [5.41, 5.74) is 1.76. The molecule has 0 saturated carbocycles. The van der Waals surface area contributed by atoms with Gasteiger partial charge in [-0.25, -0.2) is 0 Å². The number of likely N-dealkylation sites (tertiary alicyclic amines) is 1. The highest BCUT2D eigenvalue weighted by Gasteiger charge is 2.41. The van der Waals surface area contributed by atoms with Crippen molar-refractivity contribution in [3.8, 4) is 0 Å². The summed E-state index contributed by atoms with van der Waals surface area (Å²) in [7, 11) is 0. The average molecular weight is 302 g/mol. The first-order chi connectivity index (χ1) is 10.5. The number of carbonyl (C=O) groups is 3. The molecule has 1 aromatic rings. The Kier molecular flexibility index (Phi) is 3.60. The van der Waals surface area contributed by atoms with E-state index in [0.717, 1.165) is 11.3 Å². The number of hydrogen-bond acceptors (Lipinski definition) is 3. The van der Waals surface area contributed by atoms with Gasteiger partial charge >= 0.3 is 5.97 Å². The van der Waals surface area contributed by atoms with Crippen LogP contribution in [0.5, 0.6) is 0 Å². The number of carbonyl (C=O) groups excluding carboxylic acids is 2. The number of carboxylic acids is 1. The van der Waals surface area contributed by atoms with Crippen molar-refractivity contribution in [3.05, 3.63) is 29.8 Å². The minimum atomic E-state index is -0.867. The standard InChI is InChI=1S/C16H18N2O4/c1-10(19)18-13-5-3-2-4-11(13)8-14(18)15(20)17-7-6-12(9-17)16(21)22/h2-5,12,14H,6-9H2,1H3,(H,21,22)/t12?,14-/m0/s1. The molecule has 2 aliphatic rings. The molecule has 6 nitrogen and oxygen atoms in total. The fourth-order valence-corrected chi connectivity index (χ4v) is 3.35. The molecule has 1 fully saturated rings. The third-order valence-electron chi connectivity index (χ3n) is 4.45. The maximum atomic E-state index is 12.7. The third-order valence-corrected chi connectivity index (χ3v) is 4.45. The van der Waals surface area contributed by atoms with Crippen LogP contribution in [-0.4, -0.2) is 46.9 Å². The van der Waals surface area contributed by atoms with Crippen LogP contribution in [-0.2, 0) is 20.8 Å². The van der Waals surface area contributed by atoms with Crippen LogP contribution in [0.25, 0.3) is 0 Å². The Morgan fingerprint density at radius 1 is 1.23 bits per heavy atom. The number of nitrogens with zero attached hydrogens (tertiary/aromatic N) is 2. The average Bonchev–Trinajstić information content (AvgIpc) is 3.11. The lowest BCUT2D eigenvalue weighted by Crippen LogP contribution is -2.48. The van der Waals surface area contributed by atoms with Gasteiger partial charge in [0.05, 0.1) is 5.92 Å². The predicted octanol–water partition coefficient (Wildman–Crippen LogP) is 0.897. The summed E-state index contributed by atoms with van der Waals surface area (Å²) in [6, 6.07) is 6.94. The van der Waals surface area contributed by atoms with E-state index in [9.17, 15) is 14.4 Å². The van der Waals surface area contributed by atoms with Gasteiger partial charge in [-0.15, -0.1) is 0 Å². The van der Waals surface area contributed by atoms with Crippen molar-refractivity contribution >= 4 is 23.5 Å². The highest BCUT2D eigenvalue weighted by atomic mass is 16.4. The molecule has 1 N–H and O–H groups in total. The van der Waals surface area contributed by atoms with E-state index in [1.807, 2.05) is 24.3 Å². The number of carboxylic acid groups (broad SMARTS) is 1. The summed E-state index contributed by atoms with van der Waals surface area (Å²) in [5.74, 6) is -1.70. The molecule has 116 valence electrons. The summed E-state index contributed by atoms with van der Waals surface area (Å²) in [5, 5.41) is 9.06. The largest absolute Gasteiger partial charge is 0.481 e. The van der Waals surface area contributed by atoms with Crippen LogP contribution in [0.2, 0.25) is 0 Å². The van der Waals surface area contributed by atoms with Gasteiger partial charge in [0.2, 0.25) is 11.8 Å². The Morgan fingerprint density at radius 2 is 1.95 bits per heavy atom. The van der Waals surface area contributed by atoms with Crippen molar-refractivity contribution < 1.29 is 19.5 Å². The molecular formula is C16H18N2O4. The summed E-state index contributed by atoms with van der Waals surface area (Å²) in [6.45, 7) is 2.12. The van der Waals surface area contributed by atoms with Gasteiger partial charge in [0.15, 0.2) is 0 Å². The number of aliphatic carboxylic acids is 1. The molecule has 0 bridgehead atoms. The monoisotopic (exact) mass is 302 g/mol. The minimum Gasteiger partial charge on any atom is -0.481 e. The first-order valence-electron chi connectivity index (χ1n) is 7.38. The van der Waals surface area contributed by atoms with Crippen LogP contribution in [0, 0.1) is 5.92 Å². The van der Waals surface area contributed by atoms with Gasteiger partial charge in [0.25, 0.3) is 0 Å². The van der Waals surface area contributed by atoms with Crippen molar-refractivity contribution in [2.24, 2.45) is 5.92 Å². The van der Waals surface area contributed by atoms with E-state index in [1.165, 1.54) is 11.8 Å². The number of benzene rings is 1. The van der Waals surface area contributed by atoms with E-state index in [4.69, 9.17) is 5.11 Å². The Balaban J connectivity index is 1.82. The van der Waals surface area contributed by atoms with Crippen LogP contribution < -0.4 is 4.90 Å². The van der Waals surface area contributed by atoms with Crippen molar-refractivity contribution in [3.63, 3.8) is 0 Å². The first kappa shape index (κ1) is 14.6. The van der Waals surface area contributed by atoms with Gasteiger partial charge in [-0.05, 0) is 18.1 Å². The molecular weight excluding hydrogens is 284 g/mol. The van der Waals surface area contributed by atoms with Crippen LogP contribution in [0.4, 0.5) is 5.69 Å². The van der Waals surface area contributed by atoms with Crippen molar-refractivity contribution in [1.82, 2.24) is 4.90 Å². The van der Waals surface area contributed by atoms with Crippen molar-refractivity contribution in [2.45, 2.75) is 25.8 Å². The molecule has 1 aromatic carbocycles. The Bertz CT molecular complexity index is 643. The normalized spacial score (nSPS) is 23.5. The lowest BCUT2D eigenvalue weighted by atomic mass is 10.1. The number of rotatable bonds is 2. The van der Waals surface area contributed by atoms with E-state index in [2.05, 4.69) is 0 Å². The molecule has 0 aromatic heterocycles. The Morgan fingerprint density at radius 3 is 2.59 bits per heavy atom. The smallest absolute Gasteiger partial charge is 0.308 e. The van der Waals surface area contributed by atoms with Crippen LogP contribution >= 0.6 is 0 Å². The number of amides is 2. The molecule has 1 saturated heterocycles. The summed E-state index contributed by atoms with van der Waals surface area (Å²) in [4.78, 5) is 38.9. The van der Waals surface area contributed by atoms with Crippen molar-refractivity contribution in [2.75, 3.05) is 18.0 Å². The zero-order chi connectivity index (χ0) is 15.9. The topological polar surface area (TPSA) is 77.9 Å². The zero-order valence-corrected chi connectivity index (χ0v) is 12.4. The molecule has 22 heavy (non-hydrogen) atoms. The Hall–Kier alpha value is -2.37. The fourth-order valence-electron chi connectivity index (χ4n) is 3.35. The van der Waals surface area contributed by atoms with Gasteiger partial charge in [-0.1, -0.05) is 18.2 Å². The lowest BCUT2D eigenvalue weighted by Gasteiger charge is -2.27. The summed E-state index contributed by atoms with van der Waals surface area (Å²) >= 11 is 0. The molecule has 3 rings (SSSR count). The van der Waals surface area contributed by atoms with Gasteiger partial charge in [0.1, 0.15) is 6.04 Å². The molecule has 0 spiro atoms. The Labute approximate surface area is 128 Å². The highest BCUT2D eigenvalue weighted by molar-refractivity contribution is 6.02. The molecule has 2 heterocycles.